The molecule has 1 saturated heterocycles. The predicted molar refractivity (Wildman–Crippen MR) is 115 cm³/mol. The molecule has 1 atom stereocenters. The summed E-state index contributed by atoms with van der Waals surface area (Å²) in [4.78, 5) is 18.5. The maximum Gasteiger partial charge on any atom is 0.270 e. The number of carbonyl (C=O) groups is 1. The van der Waals surface area contributed by atoms with Gasteiger partial charge < -0.3 is 10.1 Å². The first kappa shape index (κ1) is 18.8. The number of thiophene rings is 1. The highest BCUT2D eigenvalue weighted by Gasteiger charge is 2.16. The quantitative estimate of drug-likeness (QED) is 0.451. The van der Waals surface area contributed by atoms with Crippen LogP contribution in [-0.4, -0.2) is 35.3 Å². The molecule has 0 unspecified atom stereocenters. The molecule has 4 rings (SSSR count). The molecule has 6 nitrogen and oxygen atoms in total. The summed E-state index contributed by atoms with van der Waals surface area (Å²) in [6, 6.07) is 13.4. The molecule has 0 radical (unpaired) electrons. The third-order valence-corrected chi connectivity index (χ3v) is 5.68. The molecule has 3 heterocycles. The smallest absolute Gasteiger partial charge is 0.270 e. The van der Waals surface area contributed by atoms with Crippen LogP contribution in [0.1, 0.15) is 23.2 Å². The Hall–Kier alpha value is -2.55. The predicted octanol–water partition coefficient (Wildman–Crippen LogP) is 3.25. The lowest BCUT2D eigenvalue weighted by Crippen LogP contribution is -2.48. The van der Waals surface area contributed by atoms with Crippen LogP contribution in [0.4, 0.5) is 0 Å². The number of para-hydroxylation sites is 1. The maximum absolute atomic E-state index is 12.8. The number of hydrazine groups is 1. The van der Waals surface area contributed by atoms with Crippen molar-refractivity contribution < 1.29 is 9.53 Å². The molecule has 1 amide bonds. The van der Waals surface area contributed by atoms with Crippen LogP contribution in [0.15, 0.2) is 47.8 Å². The lowest BCUT2D eigenvalue weighted by Gasteiger charge is -2.15. The van der Waals surface area contributed by atoms with Gasteiger partial charge in [0, 0.05) is 18.5 Å². The monoisotopic (exact) mass is 412 g/mol. The van der Waals surface area contributed by atoms with E-state index >= 15 is 0 Å². The fourth-order valence-corrected chi connectivity index (χ4v) is 3.97. The third kappa shape index (κ3) is 4.30. The van der Waals surface area contributed by atoms with Crippen molar-refractivity contribution in [2.24, 2.45) is 0 Å². The number of hydrogen-bond donors (Lipinski definition) is 3. The molecule has 3 aromatic rings. The van der Waals surface area contributed by atoms with Crippen molar-refractivity contribution in [1.29, 1.82) is 0 Å². The van der Waals surface area contributed by atoms with Gasteiger partial charge in [-0.05, 0) is 48.6 Å². The van der Waals surface area contributed by atoms with Gasteiger partial charge in [-0.2, -0.15) is 0 Å². The minimum atomic E-state index is -0.266. The van der Waals surface area contributed by atoms with Gasteiger partial charge in [0.2, 0.25) is 0 Å². The molecule has 1 fully saturated rings. The van der Waals surface area contributed by atoms with Crippen molar-refractivity contribution in [3.8, 4) is 10.6 Å². The van der Waals surface area contributed by atoms with Crippen molar-refractivity contribution in [3.63, 3.8) is 0 Å². The number of aromatic nitrogens is 1. The number of nitrogens with zero attached hydrogens (tertiary/aromatic N) is 1. The summed E-state index contributed by atoms with van der Waals surface area (Å²) in [7, 11) is 0. The number of thiocarbonyl (C=S) groups is 1. The molecule has 1 aliphatic rings. The molecule has 28 heavy (non-hydrogen) atoms. The maximum atomic E-state index is 12.8. The fraction of sp³-hybridized carbons (Fsp3) is 0.250. The summed E-state index contributed by atoms with van der Waals surface area (Å²) >= 11 is 6.83. The normalized spacial score (nSPS) is 16.1. The van der Waals surface area contributed by atoms with E-state index in [4.69, 9.17) is 17.0 Å². The Morgan fingerprint density at radius 2 is 2.14 bits per heavy atom. The van der Waals surface area contributed by atoms with Gasteiger partial charge in [0.15, 0.2) is 5.11 Å². The Morgan fingerprint density at radius 3 is 2.93 bits per heavy atom. The van der Waals surface area contributed by atoms with Crippen LogP contribution in [0, 0.1) is 0 Å². The number of amides is 1. The molecule has 144 valence electrons. The van der Waals surface area contributed by atoms with E-state index in [0.717, 1.165) is 40.9 Å². The van der Waals surface area contributed by atoms with Crippen molar-refractivity contribution in [2.45, 2.75) is 18.9 Å². The number of benzene rings is 1. The highest BCUT2D eigenvalue weighted by Crippen LogP contribution is 2.27. The lowest BCUT2D eigenvalue weighted by molar-refractivity contribution is 0.0944. The molecule has 0 aliphatic carbocycles. The van der Waals surface area contributed by atoms with Crippen molar-refractivity contribution in [3.05, 3.63) is 53.4 Å². The average molecular weight is 413 g/mol. The second-order valence-corrected chi connectivity index (χ2v) is 7.83. The van der Waals surface area contributed by atoms with Gasteiger partial charge in [-0.15, -0.1) is 11.3 Å². The van der Waals surface area contributed by atoms with Crippen LogP contribution in [0.2, 0.25) is 0 Å². The molecule has 0 saturated carbocycles. The van der Waals surface area contributed by atoms with E-state index in [1.54, 1.807) is 11.3 Å². The number of rotatable bonds is 4. The van der Waals surface area contributed by atoms with Gasteiger partial charge in [0.25, 0.3) is 5.91 Å². The summed E-state index contributed by atoms with van der Waals surface area (Å²) in [5.41, 5.74) is 7.55. The molecule has 3 N–H and O–H groups in total. The molecule has 1 aliphatic heterocycles. The van der Waals surface area contributed by atoms with Gasteiger partial charge in [0.05, 0.1) is 27.8 Å². The van der Waals surface area contributed by atoms with E-state index in [0.29, 0.717) is 17.2 Å². The van der Waals surface area contributed by atoms with Crippen LogP contribution in [0.25, 0.3) is 21.5 Å². The van der Waals surface area contributed by atoms with Gasteiger partial charge >= 0.3 is 0 Å². The zero-order chi connectivity index (χ0) is 19.3. The number of ether oxygens (including phenoxy) is 1. The third-order valence-electron chi connectivity index (χ3n) is 4.54. The SMILES string of the molecule is O=C(NNC(=S)NC[C@H]1CCCO1)c1cc(-c2cccs2)nc2ccccc12. The molecule has 8 heteroatoms. The van der Waals surface area contributed by atoms with E-state index in [1.807, 2.05) is 47.8 Å². The first-order chi connectivity index (χ1) is 13.7. The summed E-state index contributed by atoms with van der Waals surface area (Å²) in [5, 5.41) is 6.22. The Balaban J connectivity index is 1.47. The first-order valence-electron chi connectivity index (χ1n) is 9.10. The summed E-state index contributed by atoms with van der Waals surface area (Å²) < 4.78 is 5.55. The fourth-order valence-electron chi connectivity index (χ4n) is 3.15. The largest absolute Gasteiger partial charge is 0.376 e. The molecular weight excluding hydrogens is 392 g/mol. The number of hydrogen-bond acceptors (Lipinski definition) is 5. The average Bonchev–Trinajstić information content (AvgIpc) is 3.43. The van der Waals surface area contributed by atoms with Gasteiger partial charge in [-0.3, -0.25) is 15.6 Å². The standard InChI is InChI=1S/C20H20N4O2S2/c25-19(23-24-20(27)21-12-13-5-3-9-26-13)15-11-17(18-8-4-10-28-18)22-16-7-2-1-6-14(15)16/h1-2,4,6-8,10-11,13H,3,5,9,12H2,(H,23,25)(H2,21,24,27)/t13-/m1/s1. The number of nitrogens with one attached hydrogen (secondary N) is 3. The van der Waals surface area contributed by atoms with Gasteiger partial charge in [-0.25, -0.2) is 4.98 Å². The zero-order valence-electron chi connectivity index (χ0n) is 15.1. The second-order valence-electron chi connectivity index (χ2n) is 6.47. The zero-order valence-corrected chi connectivity index (χ0v) is 16.7. The summed E-state index contributed by atoms with van der Waals surface area (Å²) in [5.74, 6) is -0.266. The molecular formula is C20H20N4O2S2. The first-order valence-corrected chi connectivity index (χ1v) is 10.4. The van der Waals surface area contributed by atoms with Gasteiger partial charge in [0.1, 0.15) is 0 Å². The molecule has 1 aromatic carbocycles. The van der Waals surface area contributed by atoms with Crippen molar-refractivity contribution >= 4 is 45.5 Å². The van der Waals surface area contributed by atoms with Crippen molar-refractivity contribution in [2.75, 3.05) is 13.2 Å². The molecule has 0 spiro atoms. The highest BCUT2D eigenvalue weighted by molar-refractivity contribution is 7.80. The number of pyridine rings is 1. The number of carbonyl (C=O) groups excluding carboxylic acids is 1. The highest BCUT2D eigenvalue weighted by atomic mass is 32.1. The Bertz CT molecular complexity index is 985. The summed E-state index contributed by atoms with van der Waals surface area (Å²) in [6.45, 7) is 1.42. The minimum absolute atomic E-state index is 0.174. The Labute approximate surface area is 172 Å². The van der Waals surface area contributed by atoms with Gasteiger partial charge in [-0.1, -0.05) is 24.3 Å². The molecule has 0 bridgehead atoms. The number of fused-ring (bicyclic) bond motifs is 1. The minimum Gasteiger partial charge on any atom is -0.376 e. The van der Waals surface area contributed by atoms with E-state index in [-0.39, 0.29) is 12.0 Å². The van der Waals surface area contributed by atoms with Crippen molar-refractivity contribution in [1.82, 2.24) is 21.2 Å². The van der Waals surface area contributed by atoms with Crippen LogP contribution < -0.4 is 16.2 Å². The van der Waals surface area contributed by atoms with Crippen LogP contribution in [0.5, 0.6) is 0 Å². The Morgan fingerprint density at radius 1 is 1.25 bits per heavy atom. The van der Waals surface area contributed by atoms with Crippen LogP contribution in [0.3, 0.4) is 0 Å². The van der Waals surface area contributed by atoms with Crippen LogP contribution >= 0.6 is 23.6 Å². The lowest BCUT2D eigenvalue weighted by atomic mass is 10.1. The van der Waals surface area contributed by atoms with E-state index in [2.05, 4.69) is 21.2 Å². The van der Waals surface area contributed by atoms with E-state index in [9.17, 15) is 4.79 Å². The van der Waals surface area contributed by atoms with Crippen LogP contribution in [-0.2, 0) is 4.74 Å². The molecule has 2 aromatic heterocycles. The van der Waals surface area contributed by atoms with E-state index in [1.165, 1.54) is 0 Å². The Kier molecular flexibility index (Phi) is 5.80. The second kappa shape index (κ2) is 8.64. The summed E-state index contributed by atoms with van der Waals surface area (Å²) in [6.07, 6.45) is 2.27. The topological polar surface area (TPSA) is 75.3 Å². The van der Waals surface area contributed by atoms with E-state index < -0.39 is 0 Å².